The average Bonchev–Trinajstić information content (AvgIpc) is 2.64. The molecule has 28 heavy (non-hydrogen) atoms. The van der Waals surface area contributed by atoms with Gasteiger partial charge < -0.3 is 9.47 Å². The van der Waals surface area contributed by atoms with Crippen LogP contribution in [0.1, 0.15) is 66.2 Å². The molecule has 9 nitrogen and oxygen atoms in total. The summed E-state index contributed by atoms with van der Waals surface area (Å²) in [7, 11) is 0. The van der Waals surface area contributed by atoms with Crippen LogP contribution in [0.4, 0.5) is 4.79 Å². The first-order valence-electron chi connectivity index (χ1n) is 9.99. The number of hydroxylamine groups is 2. The molecule has 0 aromatic rings. The summed E-state index contributed by atoms with van der Waals surface area (Å²) in [6.45, 7) is 8.13. The van der Waals surface area contributed by atoms with Crippen molar-refractivity contribution in [3.8, 4) is 0 Å². The molecule has 0 bridgehead atoms. The Morgan fingerprint density at radius 3 is 2.46 bits per heavy atom. The minimum Gasteiger partial charge on any atom is -0.442 e. The lowest BCUT2D eigenvalue weighted by molar-refractivity contribution is -0.157. The zero-order valence-electron chi connectivity index (χ0n) is 17.5. The van der Waals surface area contributed by atoms with Crippen molar-refractivity contribution in [3.63, 3.8) is 0 Å². The molecule has 2 N–H and O–H groups in total. The Labute approximate surface area is 167 Å². The number of nitrogens with zero attached hydrogens (tertiary/aromatic N) is 2. The molecule has 1 atom stereocenters. The summed E-state index contributed by atoms with van der Waals surface area (Å²) >= 11 is 0. The second kappa shape index (κ2) is 12.0. The molecule has 1 rings (SSSR count). The number of amides is 3. The number of imide groups is 1. The number of carbonyl (C=O) groups excluding carboxylic acids is 3. The van der Waals surface area contributed by atoms with Crippen LogP contribution in [-0.4, -0.2) is 65.1 Å². The third kappa shape index (κ3) is 8.99. The maximum absolute atomic E-state index is 13.2. The first kappa shape index (κ1) is 24.3. The molecule has 0 saturated carbocycles. The van der Waals surface area contributed by atoms with Crippen molar-refractivity contribution < 1.29 is 29.1 Å². The number of rotatable bonds is 10. The number of ether oxygens (including phenoxy) is 2. The molecule has 1 unspecified atom stereocenters. The number of nitrogens with one attached hydrogen (secondary N) is 1. The van der Waals surface area contributed by atoms with Crippen LogP contribution in [0.25, 0.3) is 0 Å². The highest BCUT2D eigenvalue weighted by molar-refractivity contribution is 5.93. The summed E-state index contributed by atoms with van der Waals surface area (Å²) in [6.07, 6.45) is 3.86. The van der Waals surface area contributed by atoms with Gasteiger partial charge in [0, 0.05) is 19.3 Å². The summed E-state index contributed by atoms with van der Waals surface area (Å²) in [6, 6.07) is -0.0992. The maximum atomic E-state index is 13.2. The highest BCUT2D eigenvalue weighted by Crippen LogP contribution is 2.18. The highest BCUT2D eigenvalue weighted by Gasteiger charge is 2.34. The van der Waals surface area contributed by atoms with Crippen LogP contribution in [0, 0.1) is 5.92 Å². The Kier molecular flexibility index (Phi) is 10.4. The quantitative estimate of drug-likeness (QED) is 0.250. The van der Waals surface area contributed by atoms with E-state index in [1.807, 2.05) is 6.92 Å². The fourth-order valence-electron chi connectivity index (χ4n) is 2.91. The van der Waals surface area contributed by atoms with E-state index in [1.165, 1.54) is 0 Å². The summed E-state index contributed by atoms with van der Waals surface area (Å²) in [5.41, 5.74) is 2.21. The van der Waals surface area contributed by atoms with Crippen molar-refractivity contribution in [1.82, 2.24) is 15.5 Å². The van der Waals surface area contributed by atoms with Gasteiger partial charge in [-0.3, -0.25) is 14.8 Å². The standard InChI is InChI=1S/C19H35N3O6/c1-5-6-7-8-15(13-21(26)14-23)17(24)22(18(25)28-19(2,3)4)20-16-9-11-27-12-10-16/h14-16,20,26H,5-13H2,1-4H3. The number of unbranched alkanes of at least 4 members (excludes halogenated alkanes) is 2. The second-order valence-corrected chi connectivity index (χ2v) is 8.09. The van der Waals surface area contributed by atoms with E-state index in [-0.39, 0.29) is 19.0 Å². The van der Waals surface area contributed by atoms with E-state index in [2.05, 4.69) is 5.43 Å². The lowest BCUT2D eigenvalue weighted by atomic mass is 10.00. The minimum atomic E-state index is -0.792. The SMILES string of the molecule is CCCCCC(CN(O)C=O)C(=O)N(NC1CCOCC1)C(=O)OC(C)(C)C. The van der Waals surface area contributed by atoms with Crippen LogP contribution in [0.3, 0.4) is 0 Å². The fraction of sp³-hybridized carbons (Fsp3) is 0.842. The van der Waals surface area contributed by atoms with Gasteiger partial charge in [-0.2, -0.15) is 5.01 Å². The summed E-state index contributed by atoms with van der Waals surface area (Å²) < 4.78 is 10.7. The van der Waals surface area contributed by atoms with Gasteiger partial charge in [-0.15, -0.1) is 0 Å². The van der Waals surface area contributed by atoms with Crippen molar-refractivity contribution >= 4 is 18.4 Å². The van der Waals surface area contributed by atoms with E-state index in [1.54, 1.807) is 20.8 Å². The largest absolute Gasteiger partial charge is 0.442 e. The van der Waals surface area contributed by atoms with Gasteiger partial charge in [-0.25, -0.2) is 15.3 Å². The van der Waals surface area contributed by atoms with Gasteiger partial charge in [-0.05, 0) is 40.0 Å². The zero-order valence-corrected chi connectivity index (χ0v) is 17.5. The van der Waals surface area contributed by atoms with Gasteiger partial charge in [0.25, 0.3) is 5.91 Å². The molecule has 9 heteroatoms. The molecule has 0 spiro atoms. The average molecular weight is 402 g/mol. The van der Waals surface area contributed by atoms with E-state index in [0.717, 1.165) is 24.3 Å². The summed E-state index contributed by atoms with van der Waals surface area (Å²) in [5.74, 6) is -1.24. The molecule has 0 aromatic heterocycles. The summed E-state index contributed by atoms with van der Waals surface area (Å²) in [5, 5.41) is 11.0. The predicted octanol–water partition coefficient (Wildman–Crippen LogP) is 2.48. The van der Waals surface area contributed by atoms with Crippen molar-refractivity contribution in [2.24, 2.45) is 5.92 Å². The number of carbonyl (C=O) groups is 3. The molecule has 1 saturated heterocycles. The van der Waals surface area contributed by atoms with Crippen LogP contribution >= 0.6 is 0 Å². The topological polar surface area (TPSA) is 108 Å². The van der Waals surface area contributed by atoms with Gasteiger partial charge >= 0.3 is 6.09 Å². The van der Waals surface area contributed by atoms with E-state index >= 15 is 0 Å². The van der Waals surface area contributed by atoms with Crippen molar-refractivity contribution in [2.75, 3.05) is 19.8 Å². The number of hydrogen-bond acceptors (Lipinski definition) is 7. The van der Waals surface area contributed by atoms with Crippen LogP contribution in [0.5, 0.6) is 0 Å². The van der Waals surface area contributed by atoms with Crippen LogP contribution in [-0.2, 0) is 19.1 Å². The third-order valence-corrected chi connectivity index (χ3v) is 4.36. The van der Waals surface area contributed by atoms with E-state index < -0.39 is 23.5 Å². The lowest BCUT2D eigenvalue weighted by Crippen LogP contribution is -2.56. The maximum Gasteiger partial charge on any atom is 0.432 e. The molecule has 1 heterocycles. The molecule has 0 aromatic carbocycles. The molecule has 0 aliphatic carbocycles. The Bertz CT molecular complexity index is 502. The van der Waals surface area contributed by atoms with Crippen molar-refractivity contribution in [2.45, 2.75) is 77.9 Å². The van der Waals surface area contributed by atoms with E-state index in [0.29, 0.717) is 37.5 Å². The number of hydrazine groups is 1. The van der Waals surface area contributed by atoms with Crippen LogP contribution < -0.4 is 5.43 Å². The minimum absolute atomic E-state index is 0.0992. The Balaban J connectivity index is 2.97. The Morgan fingerprint density at radius 2 is 1.93 bits per heavy atom. The van der Waals surface area contributed by atoms with Crippen LogP contribution in [0.15, 0.2) is 0 Å². The third-order valence-electron chi connectivity index (χ3n) is 4.36. The van der Waals surface area contributed by atoms with Gasteiger partial charge in [0.05, 0.1) is 12.5 Å². The van der Waals surface area contributed by atoms with Gasteiger partial charge in [0.2, 0.25) is 6.41 Å². The molecule has 1 aliphatic heterocycles. The van der Waals surface area contributed by atoms with Crippen LogP contribution in [0.2, 0.25) is 0 Å². The smallest absolute Gasteiger partial charge is 0.432 e. The Morgan fingerprint density at radius 1 is 1.29 bits per heavy atom. The summed E-state index contributed by atoms with van der Waals surface area (Å²) in [4.78, 5) is 36.7. The molecular formula is C19H35N3O6. The van der Waals surface area contributed by atoms with E-state index in [9.17, 15) is 19.6 Å². The number of hydrogen-bond donors (Lipinski definition) is 2. The molecule has 3 amide bonds. The molecule has 1 fully saturated rings. The first-order valence-corrected chi connectivity index (χ1v) is 9.99. The van der Waals surface area contributed by atoms with Crippen molar-refractivity contribution in [1.29, 1.82) is 0 Å². The Hall–Kier alpha value is -1.71. The monoisotopic (exact) mass is 401 g/mol. The lowest BCUT2D eigenvalue weighted by Gasteiger charge is -2.33. The molecule has 1 aliphatic rings. The second-order valence-electron chi connectivity index (χ2n) is 8.09. The zero-order chi connectivity index (χ0) is 21.2. The van der Waals surface area contributed by atoms with Crippen molar-refractivity contribution in [3.05, 3.63) is 0 Å². The molecule has 0 radical (unpaired) electrons. The van der Waals surface area contributed by atoms with E-state index in [4.69, 9.17) is 9.47 Å². The molecule has 162 valence electrons. The normalized spacial score (nSPS) is 16.3. The predicted molar refractivity (Wildman–Crippen MR) is 102 cm³/mol. The fourth-order valence-corrected chi connectivity index (χ4v) is 2.91. The first-order chi connectivity index (χ1) is 13.2. The van der Waals surface area contributed by atoms with Gasteiger partial charge in [-0.1, -0.05) is 26.2 Å². The van der Waals surface area contributed by atoms with Gasteiger partial charge in [0.15, 0.2) is 0 Å². The molecular weight excluding hydrogens is 366 g/mol. The van der Waals surface area contributed by atoms with Gasteiger partial charge in [0.1, 0.15) is 5.60 Å². The highest BCUT2D eigenvalue weighted by atomic mass is 16.6.